The van der Waals surface area contributed by atoms with Crippen molar-refractivity contribution in [2.45, 2.75) is 31.0 Å². The number of hydrogen-bond acceptors (Lipinski definition) is 3. The van der Waals surface area contributed by atoms with Crippen molar-refractivity contribution >= 4 is 17.7 Å². The van der Waals surface area contributed by atoms with Crippen molar-refractivity contribution < 1.29 is 22.7 Å². The Morgan fingerprint density at radius 1 is 1.40 bits per heavy atom. The van der Waals surface area contributed by atoms with Gasteiger partial charge in [-0.3, -0.25) is 0 Å². The summed E-state index contributed by atoms with van der Waals surface area (Å²) in [5, 5.41) is -0.102. The van der Waals surface area contributed by atoms with Crippen LogP contribution in [-0.4, -0.2) is 13.2 Å². The maximum Gasteiger partial charge on any atom is 0.416 e. The molecule has 20 heavy (non-hydrogen) atoms. The third-order valence-electron chi connectivity index (χ3n) is 3.51. The van der Waals surface area contributed by atoms with E-state index in [0.29, 0.717) is 18.4 Å². The summed E-state index contributed by atoms with van der Waals surface area (Å²) < 4.78 is 43.3. The first-order chi connectivity index (χ1) is 9.34. The number of hydrogen-bond donors (Lipinski definition) is 0. The normalized spacial score (nSPS) is 17.1. The molecule has 0 bridgehead atoms. The predicted octanol–water partition coefficient (Wildman–Crippen LogP) is 4.08. The maximum absolute atomic E-state index is 12.8. The minimum absolute atomic E-state index is 0.0106. The Labute approximate surface area is 118 Å². The minimum Gasteiger partial charge on any atom is -0.496 e. The van der Waals surface area contributed by atoms with Gasteiger partial charge in [-0.05, 0) is 31.4 Å². The topological polar surface area (TPSA) is 38.7 Å². The van der Waals surface area contributed by atoms with Gasteiger partial charge in [0.15, 0.2) is 0 Å². The van der Waals surface area contributed by atoms with E-state index in [0.717, 1.165) is 18.6 Å². The second-order valence-corrected chi connectivity index (χ2v) is 5.03. The highest BCUT2D eigenvalue weighted by molar-refractivity contribution is 6.31. The number of alkyl halides is 3. The average molecular weight is 306 g/mol. The Morgan fingerprint density at radius 2 is 2.05 bits per heavy atom. The number of methoxy groups -OCH3 is 1. The van der Waals surface area contributed by atoms with E-state index in [1.54, 1.807) is 0 Å². The zero-order valence-electron chi connectivity index (χ0n) is 10.6. The maximum atomic E-state index is 12.8. The van der Waals surface area contributed by atoms with Gasteiger partial charge < -0.3 is 4.74 Å². The fourth-order valence-corrected chi connectivity index (χ4v) is 2.76. The van der Waals surface area contributed by atoms with E-state index >= 15 is 0 Å². The summed E-state index contributed by atoms with van der Waals surface area (Å²) in [7, 11) is 1.26. The molecule has 1 saturated carbocycles. The molecule has 3 nitrogen and oxygen atoms in total. The second kappa shape index (κ2) is 5.11. The number of aliphatic imine (C=N–C) groups is 1. The molecule has 2 rings (SSSR count). The highest BCUT2D eigenvalue weighted by atomic mass is 35.5. The zero-order valence-corrected chi connectivity index (χ0v) is 11.3. The lowest BCUT2D eigenvalue weighted by Crippen LogP contribution is -2.33. The quantitative estimate of drug-likeness (QED) is 0.623. The zero-order chi connectivity index (χ0) is 15.0. The molecule has 0 N–H and O–H groups in total. The monoisotopic (exact) mass is 305 g/mol. The van der Waals surface area contributed by atoms with E-state index in [9.17, 15) is 18.0 Å². The van der Waals surface area contributed by atoms with Gasteiger partial charge in [0.25, 0.3) is 0 Å². The number of halogens is 4. The van der Waals surface area contributed by atoms with E-state index in [2.05, 4.69) is 4.99 Å². The van der Waals surface area contributed by atoms with Crippen LogP contribution in [0.1, 0.15) is 30.4 Å². The lowest BCUT2D eigenvalue weighted by molar-refractivity contribution is -0.137. The van der Waals surface area contributed by atoms with Gasteiger partial charge in [0.1, 0.15) is 11.3 Å². The molecule has 0 atom stereocenters. The van der Waals surface area contributed by atoms with Gasteiger partial charge in [0.2, 0.25) is 6.08 Å². The highest BCUT2D eigenvalue weighted by Crippen LogP contribution is 2.51. The molecular weight excluding hydrogens is 295 g/mol. The third-order valence-corrected chi connectivity index (χ3v) is 3.81. The first-order valence-electron chi connectivity index (χ1n) is 5.88. The Bertz CT molecular complexity index is 576. The van der Waals surface area contributed by atoms with Gasteiger partial charge in [-0.25, -0.2) is 4.79 Å². The number of isocyanates is 1. The Balaban J connectivity index is 2.62. The molecule has 1 aromatic rings. The fraction of sp³-hybridized carbons (Fsp3) is 0.462. The van der Waals surface area contributed by atoms with Crippen molar-refractivity contribution in [1.29, 1.82) is 0 Å². The lowest BCUT2D eigenvalue weighted by atomic mass is 9.72. The van der Waals surface area contributed by atoms with Gasteiger partial charge in [-0.1, -0.05) is 11.6 Å². The van der Waals surface area contributed by atoms with Crippen molar-refractivity contribution in [3.8, 4) is 5.75 Å². The number of benzene rings is 1. The average Bonchev–Trinajstić information content (AvgIpc) is 2.32. The standard InChI is InChI=1S/C13H11ClF3NO2/c1-20-10-6-8(13(15,16)17)5-9(14)11(10)12(18-7-19)3-2-4-12/h5-6H,2-4H2,1H3. The van der Waals surface area contributed by atoms with Crippen molar-refractivity contribution in [3.63, 3.8) is 0 Å². The van der Waals surface area contributed by atoms with Crippen LogP contribution in [0.25, 0.3) is 0 Å². The molecule has 0 aromatic heterocycles. The van der Waals surface area contributed by atoms with E-state index in [4.69, 9.17) is 16.3 Å². The van der Waals surface area contributed by atoms with Crippen LogP contribution in [0, 0.1) is 0 Å². The molecule has 7 heteroatoms. The van der Waals surface area contributed by atoms with E-state index < -0.39 is 17.3 Å². The summed E-state index contributed by atoms with van der Waals surface area (Å²) >= 11 is 5.98. The molecule has 1 aromatic carbocycles. The summed E-state index contributed by atoms with van der Waals surface area (Å²) in [4.78, 5) is 14.3. The third kappa shape index (κ3) is 2.41. The molecule has 0 aliphatic heterocycles. The molecule has 1 fully saturated rings. The van der Waals surface area contributed by atoms with Crippen LogP contribution >= 0.6 is 11.6 Å². The van der Waals surface area contributed by atoms with E-state index in [1.165, 1.54) is 13.2 Å². The van der Waals surface area contributed by atoms with Crippen molar-refractivity contribution in [1.82, 2.24) is 0 Å². The van der Waals surface area contributed by atoms with Crippen molar-refractivity contribution in [2.24, 2.45) is 4.99 Å². The second-order valence-electron chi connectivity index (χ2n) is 4.62. The van der Waals surface area contributed by atoms with Crippen LogP contribution in [-0.2, 0) is 16.5 Å². The molecule has 1 aliphatic rings. The smallest absolute Gasteiger partial charge is 0.416 e. The summed E-state index contributed by atoms with van der Waals surface area (Å²) in [5.74, 6) is -0.0106. The van der Waals surface area contributed by atoms with Gasteiger partial charge in [-0.15, -0.1) is 0 Å². The van der Waals surface area contributed by atoms with Gasteiger partial charge in [0.05, 0.1) is 17.7 Å². The van der Waals surface area contributed by atoms with Gasteiger partial charge in [-0.2, -0.15) is 18.2 Å². The van der Waals surface area contributed by atoms with Gasteiger partial charge in [0, 0.05) is 5.56 Å². The molecule has 108 valence electrons. The number of nitrogens with zero attached hydrogens (tertiary/aromatic N) is 1. The summed E-state index contributed by atoms with van der Waals surface area (Å²) in [6, 6.07) is 1.71. The molecule has 1 aliphatic carbocycles. The van der Waals surface area contributed by atoms with E-state index in [-0.39, 0.29) is 10.8 Å². The Hall–Kier alpha value is -1.52. The summed E-state index contributed by atoms with van der Waals surface area (Å²) in [6.07, 6.45) is -1.17. The molecule has 0 unspecified atom stereocenters. The van der Waals surface area contributed by atoms with Crippen LogP contribution in [0.15, 0.2) is 17.1 Å². The Kier molecular flexibility index (Phi) is 3.80. The lowest BCUT2D eigenvalue weighted by Gasteiger charge is -2.38. The van der Waals surface area contributed by atoms with Gasteiger partial charge >= 0.3 is 6.18 Å². The fourth-order valence-electron chi connectivity index (χ4n) is 2.37. The number of rotatable bonds is 3. The number of carbonyl (C=O) groups excluding carboxylic acids is 1. The van der Waals surface area contributed by atoms with Crippen molar-refractivity contribution in [2.75, 3.05) is 7.11 Å². The molecule has 0 radical (unpaired) electrons. The SMILES string of the molecule is COc1cc(C(F)(F)F)cc(Cl)c1C1(N=C=O)CCC1. The Morgan fingerprint density at radius 3 is 2.45 bits per heavy atom. The minimum atomic E-state index is -4.52. The predicted molar refractivity (Wildman–Crippen MR) is 66.7 cm³/mol. The van der Waals surface area contributed by atoms with Crippen LogP contribution in [0.2, 0.25) is 5.02 Å². The largest absolute Gasteiger partial charge is 0.496 e. The number of ether oxygens (including phenoxy) is 1. The van der Waals surface area contributed by atoms with E-state index in [1.807, 2.05) is 0 Å². The molecule has 0 saturated heterocycles. The highest BCUT2D eigenvalue weighted by Gasteiger charge is 2.44. The van der Waals surface area contributed by atoms with Crippen molar-refractivity contribution in [3.05, 3.63) is 28.3 Å². The van der Waals surface area contributed by atoms with Crippen LogP contribution < -0.4 is 4.74 Å². The van der Waals surface area contributed by atoms with Crippen LogP contribution in [0.3, 0.4) is 0 Å². The first-order valence-corrected chi connectivity index (χ1v) is 6.26. The van der Waals surface area contributed by atoms with Crippen LogP contribution in [0.5, 0.6) is 5.75 Å². The van der Waals surface area contributed by atoms with Crippen LogP contribution in [0.4, 0.5) is 13.2 Å². The summed E-state index contributed by atoms with van der Waals surface area (Å²) in [6.45, 7) is 0. The molecular formula is C13H11ClF3NO2. The first kappa shape index (κ1) is 14.9. The summed E-state index contributed by atoms with van der Waals surface area (Å²) in [5.41, 5.74) is -1.48. The molecule has 0 heterocycles. The molecule has 0 spiro atoms. The molecule has 0 amide bonds.